The first-order valence-electron chi connectivity index (χ1n) is 20.5. The summed E-state index contributed by atoms with van der Waals surface area (Å²) in [6.07, 6.45) is 2.06. The number of rotatable bonds is 4. The van der Waals surface area contributed by atoms with Crippen LogP contribution in [0.25, 0.3) is 88.3 Å². The quantitative estimate of drug-likeness (QED) is 0.191. The van der Waals surface area contributed by atoms with E-state index in [1.165, 1.54) is 93.9 Å². The van der Waals surface area contributed by atoms with Gasteiger partial charge in [-0.25, -0.2) is 4.99 Å². The predicted octanol–water partition coefficient (Wildman–Crippen LogP) is 13.4. The van der Waals surface area contributed by atoms with E-state index >= 15 is 0 Å². The molecule has 4 heteroatoms. The number of nitrogens with zero attached hydrogens (tertiary/aromatic N) is 3. The maximum atomic E-state index is 5.12. The molecule has 0 radical (unpaired) electrons. The first-order chi connectivity index (χ1) is 29.0. The van der Waals surface area contributed by atoms with E-state index < -0.39 is 0 Å². The third-order valence-corrected chi connectivity index (χ3v) is 12.8. The van der Waals surface area contributed by atoms with Crippen LogP contribution >= 0.6 is 0 Å². The Morgan fingerprint density at radius 1 is 0.441 bits per heavy atom. The van der Waals surface area contributed by atoms with E-state index in [-0.39, 0.29) is 5.41 Å². The Morgan fingerprint density at radius 3 is 1.56 bits per heavy atom. The lowest BCUT2D eigenvalue weighted by molar-refractivity contribution is 0.660. The van der Waals surface area contributed by atoms with Crippen molar-refractivity contribution in [2.24, 2.45) is 4.99 Å². The van der Waals surface area contributed by atoms with Gasteiger partial charge in [0.2, 0.25) is 5.96 Å². The Hall–Kier alpha value is -7.43. The Morgan fingerprint density at radius 2 is 0.932 bits per heavy atom. The zero-order valence-electron chi connectivity index (χ0n) is 32.9. The van der Waals surface area contributed by atoms with E-state index in [0.717, 1.165) is 17.0 Å². The van der Waals surface area contributed by atoms with Gasteiger partial charge in [-0.2, -0.15) is 0 Å². The average Bonchev–Trinajstić information content (AvgIpc) is 3.89. The van der Waals surface area contributed by atoms with Gasteiger partial charge in [0.1, 0.15) is 0 Å². The van der Waals surface area contributed by atoms with E-state index in [1.807, 2.05) is 0 Å². The molecule has 0 fully saturated rings. The smallest absolute Gasteiger partial charge is 0.208 e. The Balaban J connectivity index is 0.905. The summed E-state index contributed by atoms with van der Waals surface area (Å²) in [6.45, 7) is 5.40. The van der Waals surface area contributed by atoms with E-state index in [0.29, 0.717) is 6.54 Å². The monoisotopic (exact) mass is 756 g/mol. The van der Waals surface area contributed by atoms with Crippen LogP contribution in [-0.4, -0.2) is 21.6 Å². The molecule has 2 aromatic heterocycles. The molecule has 1 aliphatic carbocycles. The minimum absolute atomic E-state index is 0.114. The molecular formula is C55H40N4. The Bertz CT molecular complexity index is 3400. The predicted molar refractivity (Wildman–Crippen MR) is 247 cm³/mol. The lowest BCUT2D eigenvalue weighted by Gasteiger charge is -2.23. The summed E-state index contributed by atoms with van der Waals surface area (Å²) in [5.41, 5.74) is 18.4. The number of hydrogen-bond donors (Lipinski definition) is 1. The molecule has 3 heterocycles. The van der Waals surface area contributed by atoms with Crippen molar-refractivity contribution in [3.8, 4) is 39.1 Å². The highest BCUT2D eigenvalue weighted by molar-refractivity contribution is 6.16. The van der Waals surface area contributed by atoms with Gasteiger partial charge in [-0.05, 0) is 116 Å². The van der Waals surface area contributed by atoms with Crippen molar-refractivity contribution in [3.05, 3.63) is 205 Å². The zero-order valence-corrected chi connectivity index (χ0v) is 32.9. The first-order valence-corrected chi connectivity index (χ1v) is 20.5. The second-order valence-electron chi connectivity index (χ2n) is 16.5. The van der Waals surface area contributed by atoms with Gasteiger partial charge in [0.15, 0.2) is 0 Å². The molecule has 0 amide bonds. The largest absolute Gasteiger partial charge is 0.351 e. The summed E-state index contributed by atoms with van der Waals surface area (Å²) >= 11 is 0. The summed E-state index contributed by atoms with van der Waals surface area (Å²) in [5, 5.41) is 8.65. The minimum atomic E-state index is -0.114. The Kier molecular flexibility index (Phi) is 7.30. The topological polar surface area (TPSA) is 34.2 Å². The van der Waals surface area contributed by atoms with Crippen LogP contribution in [-0.2, 0) is 5.41 Å². The van der Waals surface area contributed by atoms with Crippen molar-refractivity contribution < 1.29 is 0 Å². The van der Waals surface area contributed by atoms with Crippen molar-refractivity contribution >= 4 is 55.1 Å². The van der Waals surface area contributed by atoms with Crippen molar-refractivity contribution in [1.82, 2.24) is 14.5 Å². The van der Waals surface area contributed by atoms with E-state index in [4.69, 9.17) is 4.99 Å². The number of hydrogen-bond acceptors (Lipinski definition) is 2. The normalized spacial score (nSPS) is 14.3. The zero-order chi connectivity index (χ0) is 39.2. The molecule has 1 aliphatic heterocycles. The van der Waals surface area contributed by atoms with E-state index in [1.54, 1.807) is 0 Å². The van der Waals surface area contributed by atoms with Gasteiger partial charge in [0.05, 0.1) is 22.1 Å². The van der Waals surface area contributed by atoms with Crippen LogP contribution in [0.1, 0.15) is 30.5 Å². The molecule has 0 saturated heterocycles. The van der Waals surface area contributed by atoms with Crippen LogP contribution in [0, 0.1) is 0 Å². The van der Waals surface area contributed by atoms with Crippen molar-refractivity contribution in [1.29, 1.82) is 0 Å². The van der Waals surface area contributed by atoms with Crippen LogP contribution < -0.4 is 5.32 Å². The third-order valence-electron chi connectivity index (χ3n) is 12.8. The fourth-order valence-electron chi connectivity index (χ4n) is 9.85. The number of benzene rings is 8. The fourth-order valence-corrected chi connectivity index (χ4v) is 9.85. The van der Waals surface area contributed by atoms with Gasteiger partial charge in [-0.1, -0.05) is 135 Å². The molecule has 2 aliphatic rings. The summed E-state index contributed by atoms with van der Waals surface area (Å²) < 4.78 is 4.65. The molecule has 0 spiro atoms. The summed E-state index contributed by atoms with van der Waals surface area (Å²) in [5.74, 6) is 0.838. The number of aliphatic imine (C=N–C) groups is 1. The number of fused-ring (bicyclic) bond motifs is 9. The van der Waals surface area contributed by atoms with Crippen LogP contribution in [0.15, 0.2) is 193 Å². The van der Waals surface area contributed by atoms with Crippen LogP contribution in [0.2, 0.25) is 0 Å². The standard InChI is InChI=1S/C55H40N4/c1-55(2)48-31-38(35-13-5-3-6-14-35)21-25-42(48)43-26-22-39(32-49(43)55)40-33-56-54(57-34-40)59-51-20-12-10-18-45(51)47-30-37(24-28-53(47)59)36-23-27-52-46(29-36)44-17-9-11-19-50(44)58(52)41-15-7-4-8-16-41/h3-33H,34H2,1-2H3,(H,56,57). The molecule has 0 bridgehead atoms. The van der Waals surface area contributed by atoms with Gasteiger partial charge in [-0.3, -0.25) is 4.57 Å². The Labute approximate surface area is 343 Å². The number of nitrogens with one attached hydrogen (secondary N) is 1. The van der Waals surface area contributed by atoms with Gasteiger partial charge >= 0.3 is 0 Å². The molecule has 1 N–H and O–H groups in total. The summed E-state index contributed by atoms with van der Waals surface area (Å²) in [6, 6.07) is 66.4. The van der Waals surface area contributed by atoms with Crippen molar-refractivity contribution in [3.63, 3.8) is 0 Å². The maximum Gasteiger partial charge on any atom is 0.208 e. The molecule has 8 aromatic carbocycles. The highest BCUT2D eigenvalue weighted by Crippen LogP contribution is 2.50. The van der Waals surface area contributed by atoms with Crippen LogP contribution in [0.5, 0.6) is 0 Å². The third kappa shape index (κ3) is 5.12. The fraction of sp³-hybridized carbons (Fsp3) is 0.0727. The molecular weight excluding hydrogens is 717 g/mol. The molecule has 12 rings (SSSR count). The highest BCUT2D eigenvalue weighted by atomic mass is 15.2. The van der Waals surface area contributed by atoms with Gasteiger partial charge in [0, 0.05) is 45.4 Å². The van der Waals surface area contributed by atoms with Gasteiger partial charge in [0.25, 0.3) is 0 Å². The summed E-state index contributed by atoms with van der Waals surface area (Å²) in [7, 11) is 0. The second kappa shape index (κ2) is 12.8. The molecule has 280 valence electrons. The molecule has 10 aromatic rings. The van der Waals surface area contributed by atoms with Crippen molar-refractivity contribution in [2.45, 2.75) is 19.3 Å². The van der Waals surface area contributed by atoms with E-state index in [2.05, 4.69) is 216 Å². The van der Waals surface area contributed by atoms with E-state index in [9.17, 15) is 0 Å². The lowest BCUT2D eigenvalue weighted by Crippen LogP contribution is -2.33. The molecule has 0 saturated carbocycles. The SMILES string of the molecule is CC1(C)c2cc(C3=CN=C(n4c5ccccc5c5cc(-c6ccc7c(c6)c6ccccc6n7-c6ccccc6)ccc54)NC3)ccc2-c2ccc(-c3ccccc3)cc21. The van der Waals surface area contributed by atoms with Gasteiger partial charge in [-0.15, -0.1) is 0 Å². The average molecular weight is 757 g/mol. The molecule has 0 unspecified atom stereocenters. The first kappa shape index (κ1) is 33.7. The number of para-hydroxylation sites is 3. The number of aromatic nitrogens is 2. The molecule has 4 nitrogen and oxygen atoms in total. The lowest BCUT2D eigenvalue weighted by atomic mass is 9.81. The highest BCUT2D eigenvalue weighted by Gasteiger charge is 2.36. The van der Waals surface area contributed by atoms with Gasteiger partial charge < -0.3 is 9.88 Å². The minimum Gasteiger partial charge on any atom is -0.351 e. The van der Waals surface area contributed by atoms with Crippen molar-refractivity contribution in [2.75, 3.05) is 6.54 Å². The molecule has 59 heavy (non-hydrogen) atoms. The van der Waals surface area contributed by atoms with Crippen LogP contribution in [0.4, 0.5) is 0 Å². The summed E-state index contributed by atoms with van der Waals surface area (Å²) in [4.78, 5) is 5.12. The second-order valence-corrected chi connectivity index (χ2v) is 16.5. The van der Waals surface area contributed by atoms with Crippen LogP contribution in [0.3, 0.4) is 0 Å². The molecule has 0 atom stereocenters. The maximum absolute atomic E-state index is 5.12.